The van der Waals surface area contributed by atoms with Gasteiger partial charge in [-0.05, 0) is 24.3 Å². The maximum Gasteiger partial charge on any atom is 0.151 e. The first-order valence-corrected chi connectivity index (χ1v) is 8.55. The first kappa shape index (κ1) is 15.7. The molecule has 1 fully saturated rings. The number of phenolic OH excluding ortho intramolecular Hbond substituents is 1. The lowest BCUT2D eigenvalue weighted by atomic mass is 10.1. The van der Waals surface area contributed by atoms with Crippen LogP contribution in [0.2, 0.25) is 0 Å². The van der Waals surface area contributed by atoms with Gasteiger partial charge in [0.15, 0.2) is 5.76 Å². The minimum atomic E-state index is 0.307. The highest BCUT2D eigenvalue weighted by atomic mass is 16.5. The summed E-state index contributed by atoms with van der Waals surface area (Å²) >= 11 is 0. The molecule has 1 saturated heterocycles. The Bertz CT molecular complexity index is 806. The van der Waals surface area contributed by atoms with Gasteiger partial charge < -0.3 is 14.5 Å². The summed E-state index contributed by atoms with van der Waals surface area (Å²) in [4.78, 5) is 4.72. The highest BCUT2D eigenvalue weighted by Crippen LogP contribution is 2.22. The first-order valence-electron chi connectivity index (χ1n) is 8.55. The predicted molar refractivity (Wildman–Crippen MR) is 97.5 cm³/mol. The lowest BCUT2D eigenvalue weighted by molar-refractivity contribution is 0.220. The Balaban J connectivity index is 1.34. The second-order valence-electron chi connectivity index (χ2n) is 6.32. The molecule has 4 rings (SSSR count). The predicted octanol–water partition coefficient (Wildman–Crippen LogP) is 3.37. The molecule has 2 aromatic carbocycles. The molecule has 0 unspecified atom stereocenters. The minimum absolute atomic E-state index is 0.307. The summed E-state index contributed by atoms with van der Waals surface area (Å²) < 4.78 is 5.51. The number of phenols is 1. The smallest absolute Gasteiger partial charge is 0.151 e. The maximum atomic E-state index is 9.40. The fourth-order valence-electron chi connectivity index (χ4n) is 3.18. The molecule has 1 aliphatic rings. The van der Waals surface area contributed by atoms with Crippen LogP contribution in [0.25, 0.3) is 11.3 Å². The van der Waals surface area contributed by atoms with Crippen LogP contribution in [-0.2, 0) is 6.54 Å². The average molecular weight is 335 g/mol. The Labute approximate surface area is 147 Å². The van der Waals surface area contributed by atoms with Gasteiger partial charge in [0.25, 0.3) is 0 Å². The quantitative estimate of drug-likeness (QED) is 0.792. The fourth-order valence-corrected chi connectivity index (χ4v) is 3.18. The van der Waals surface area contributed by atoms with Crippen molar-refractivity contribution < 1.29 is 9.63 Å². The zero-order valence-corrected chi connectivity index (χ0v) is 14.0. The maximum absolute atomic E-state index is 9.40. The summed E-state index contributed by atoms with van der Waals surface area (Å²) in [5.41, 5.74) is 3.12. The van der Waals surface area contributed by atoms with E-state index in [4.69, 9.17) is 4.52 Å². The SMILES string of the molecule is Oc1ccc(N2CCN(Cc3cc(-c4ccccc4)no3)CC2)cc1. The molecular formula is C20H21N3O2. The van der Waals surface area contributed by atoms with Crippen LogP contribution in [0.15, 0.2) is 65.2 Å². The monoisotopic (exact) mass is 335 g/mol. The Morgan fingerprint density at radius 3 is 2.36 bits per heavy atom. The third-order valence-electron chi connectivity index (χ3n) is 4.60. The van der Waals surface area contributed by atoms with E-state index in [1.165, 1.54) is 0 Å². The molecule has 0 aliphatic carbocycles. The Morgan fingerprint density at radius 1 is 0.920 bits per heavy atom. The summed E-state index contributed by atoms with van der Waals surface area (Å²) in [6, 6.07) is 19.5. The van der Waals surface area contributed by atoms with E-state index in [1.54, 1.807) is 12.1 Å². The van der Waals surface area contributed by atoms with Gasteiger partial charge in [-0.25, -0.2) is 0 Å². The molecule has 0 saturated carbocycles. The van der Waals surface area contributed by atoms with Gasteiger partial charge in [-0.3, -0.25) is 4.90 Å². The van der Waals surface area contributed by atoms with E-state index in [1.807, 2.05) is 48.5 Å². The van der Waals surface area contributed by atoms with E-state index in [0.29, 0.717) is 5.75 Å². The number of rotatable bonds is 4. The van der Waals surface area contributed by atoms with Crippen molar-refractivity contribution in [2.45, 2.75) is 6.54 Å². The molecular weight excluding hydrogens is 314 g/mol. The zero-order chi connectivity index (χ0) is 17.1. The number of piperazine rings is 1. The zero-order valence-electron chi connectivity index (χ0n) is 14.0. The van der Waals surface area contributed by atoms with Crippen LogP contribution in [0.4, 0.5) is 5.69 Å². The van der Waals surface area contributed by atoms with Crippen LogP contribution in [0.1, 0.15) is 5.76 Å². The average Bonchev–Trinajstić information content (AvgIpc) is 3.12. The molecule has 0 amide bonds. The number of nitrogens with zero attached hydrogens (tertiary/aromatic N) is 3. The fraction of sp³-hybridized carbons (Fsp3) is 0.250. The van der Waals surface area contributed by atoms with Crippen LogP contribution in [0, 0.1) is 0 Å². The third-order valence-corrected chi connectivity index (χ3v) is 4.60. The Hall–Kier alpha value is -2.79. The van der Waals surface area contributed by atoms with E-state index in [9.17, 15) is 5.11 Å². The Morgan fingerprint density at radius 2 is 1.64 bits per heavy atom. The van der Waals surface area contributed by atoms with Crippen molar-refractivity contribution in [2.24, 2.45) is 0 Å². The molecule has 1 N–H and O–H groups in total. The van der Waals surface area contributed by atoms with Crippen molar-refractivity contribution >= 4 is 5.69 Å². The number of benzene rings is 2. The van der Waals surface area contributed by atoms with Crippen LogP contribution in [0.3, 0.4) is 0 Å². The Kier molecular flexibility index (Phi) is 4.39. The van der Waals surface area contributed by atoms with Crippen molar-refractivity contribution in [1.82, 2.24) is 10.1 Å². The molecule has 5 nitrogen and oxygen atoms in total. The first-order chi connectivity index (χ1) is 12.3. The van der Waals surface area contributed by atoms with E-state index >= 15 is 0 Å². The van der Waals surface area contributed by atoms with Crippen molar-refractivity contribution in [3.63, 3.8) is 0 Å². The van der Waals surface area contributed by atoms with Gasteiger partial charge >= 0.3 is 0 Å². The van der Waals surface area contributed by atoms with Crippen molar-refractivity contribution in [2.75, 3.05) is 31.1 Å². The third kappa shape index (κ3) is 3.67. The number of aromatic nitrogens is 1. The summed E-state index contributed by atoms with van der Waals surface area (Å²) in [6.07, 6.45) is 0. The topological polar surface area (TPSA) is 52.7 Å². The molecule has 0 atom stereocenters. The summed E-state index contributed by atoms with van der Waals surface area (Å²) in [7, 11) is 0. The second kappa shape index (κ2) is 6.99. The molecule has 25 heavy (non-hydrogen) atoms. The van der Waals surface area contributed by atoms with Gasteiger partial charge in [0.2, 0.25) is 0 Å². The molecule has 1 aromatic heterocycles. The highest BCUT2D eigenvalue weighted by Gasteiger charge is 2.19. The standard InChI is InChI=1S/C20H21N3O2/c24-18-8-6-17(7-9-18)23-12-10-22(11-13-23)15-19-14-20(21-25-19)16-4-2-1-3-5-16/h1-9,14,24H,10-13,15H2. The van der Waals surface area contributed by atoms with Gasteiger partial charge in [0.05, 0.1) is 6.54 Å². The summed E-state index contributed by atoms with van der Waals surface area (Å²) in [5, 5.41) is 13.6. The molecule has 0 radical (unpaired) electrons. The summed E-state index contributed by atoms with van der Waals surface area (Å²) in [5.74, 6) is 1.21. The molecule has 0 spiro atoms. The molecule has 1 aliphatic heterocycles. The van der Waals surface area contributed by atoms with Crippen LogP contribution in [-0.4, -0.2) is 41.3 Å². The molecule has 5 heteroatoms. The number of hydrogen-bond acceptors (Lipinski definition) is 5. The van der Waals surface area contributed by atoms with Crippen molar-refractivity contribution in [3.05, 3.63) is 66.4 Å². The van der Waals surface area contributed by atoms with Crippen molar-refractivity contribution in [1.29, 1.82) is 0 Å². The van der Waals surface area contributed by atoms with Gasteiger partial charge in [0.1, 0.15) is 11.4 Å². The van der Waals surface area contributed by atoms with E-state index in [-0.39, 0.29) is 0 Å². The largest absolute Gasteiger partial charge is 0.508 e. The van der Waals surface area contributed by atoms with Crippen LogP contribution in [0.5, 0.6) is 5.75 Å². The van der Waals surface area contributed by atoms with Gasteiger partial charge in [-0.2, -0.15) is 0 Å². The van der Waals surface area contributed by atoms with E-state index in [0.717, 1.165) is 55.4 Å². The molecule has 0 bridgehead atoms. The molecule has 2 heterocycles. The van der Waals surface area contributed by atoms with Crippen LogP contribution < -0.4 is 4.90 Å². The normalized spacial score (nSPS) is 15.4. The minimum Gasteiger partial charge on any atom is -0.508 e. The molecule has 128 valence electrons. The lowest BCUT2D eigenvalue weighted by Gasteiger charge is -2.35. The van der Waals surface area contributed by atoms with E-state index in [2.05, 4.69) is 15.0 Å². The summed E-state index contributed by atoms with van der Waals surface area (Å²) in [6.45, 7) is 4.66. The van der Waals surface area contributed by atoms with Gasteiger partial charge in [-0.15, -0.1) is 0 Å². The van der Waals surface area contributed by atoms with Crippen LogP contribution >= 0.6 is 0 Å². The molecule has 3 aromatic rings. The lowest BCUT2D eigenvalue weighted by Crippen LogP contribution is -2.45. The van der Waals surface area contributed by atoms with Gasteiger partial charge in [0, 0.05) is 43.5 Å². The van der Waals surface area contributed by atoms with E-state index < -0.39 is 0 Å². The van der Waals surface area contributed by atoms with Gasteiger partial charge in [-0.1, -0.05) is 35.5 Å². The highest BCUT2D eigenvalue weighted by molar-refractivity contribution is 5.58. The second-order valence-corrected chi connectivity index (χ2v) is 6.32. The number of aromatic hydroxyl groups is 1. The van der Waals surface area contributed by atoms with Crippen molar-refractivity contribution in [3.8, 4) is 17.0 Å². The number of anilines is 1. The number of hydrogen-bond donors (Lipinski definition) is 1.